The van der Waals surface area contributed by atoms with E-state index in [-0.39, 0.29) is 12.0 Å². The van der Waals surface area contributed by atoms with E-state index in [0.717, 1.165) is 18.6 Å². The average Bonchev–Trinajstić information content (AvgIpc) is 2.14. The number of hydrogen-bond donors (Lipinski definition) is 1. The lowest BCUT2D eigenvalue weighted by Gasteiger charge is -2.28. The quantitative estimate of drug-likeness (QED) is 0.763. The van der Waals surface area contributed by atoms with Gasteiger partial charge in [0.1, 0.15) is 0 Å². The van der Waals surface area contributed by atoms with Crippen molar-refractivity contribution < 1.29 is 26.7 Å². The minimum atomic E-state index is -3.99. The fourth-order valence-corrected chi connectivity index (χ4v) is 5.30. The summed E-state index contributed by atoms with van der Waals surface area (Å²) in [4.78, 5) is 10.8. The summed E-state index contributed by atoms with van der Waals surface area (Å²) in [6, 6.07) is 0. The fraction of sp³-hybridized carbons (Fsp3) is 0.444. The van der Waals surface area contributed by atoms with Crippen molar-refractivity contribution in [3.8, 4) is 0 Å². The average molecular weight is 280 g/mol. The number of sulfone groups is 2. The number of aliphatic carboxylic acids is 1. The minimum Gasteiger partial charge on any atom is -0.478 e. The minimum absolute atomic E-state index is 0.276. The van der Waals surface area contributed by atoms with Gasteiger partial charge in [0.25, 0.3) is 0 Å². The van der Waals surface area contributed by atoms with E-state index in [9.17, 15) is 21.6 Å². The predicted molar refractivity (Wildman–Crippen MR) is 61.9 cm³/mol. The van der Waals surface area contributed by atoms with Crippen LogP contribution in [-0.2, 0) is 24.5 Å². The van der Waals surface area contributed by atoms with E-state index in [1.54, 1.807) is 0 Å². The van der Waals surface area contributed by atoms with Crippen molar-refractivity contribution in [2.75, 3.05) is 12.5 Å². The molecule has 0 radical (unpaired) electrons. The molecule has 96 valence electrons. The molecule has 1 aliphatic carbocycles. The maximum Gasteiger partial charge on any atom is 0.335 e. The second-order valence-electron chi connectivity index (χ2n) is 3.87. The number of carbonyl (C=O) groups is 1. The summed E-state index contributed by atoms with van der Waals surface area (Å²) in [6.45, 7) is 0. The zero-order chi connectivity index (χ0) is 13.5. The van der Waals surface area contributed by atoms with Gasteiger partial charge in [-0.05, 0) is 6.08 Å². The number of hydrogen-bond acceptors (Lipinski definition) is 5. The van der Waals surface area contributed by atoms with Crippen LogP contribution in [0.1, 0.15) is 6.42 Å². The van der Waals surface area contributed by atoms with Gasteiger partial charge >= 0.3 is 5.97 Å². The molecule has 6 nitrogen and oxygen atoms in total. The largest absolute Gasteiger partial charge is 0.478 e. The molecule has 0 saturated carbocycles. The molecule has 0 bridgehead atoms. The molecule has 1 aliphatic rings. The first-order valence-electron chi connectivity index (χ1n) is 4.53. The molecule has 0 spiro atoms. The normalized spacial score (nSPS) is 19.8. The van der Waals surface area contributed by atoms with E-state index in [4.69, 9.17) is 5.11 Å². The third kappa shape index (κ3) is 2.27. The zero-order valence-electron chi connectivity index (χ0n) is 9.24. The van der Waals surface area contributed by atoms with Crippen LogP contribution in [-0.4, -0.2) is 44.5 Å². The van der Waals surface area contributed by atoms with E-state index in [1.807, 2.05) is 0 Å². The highest BCUT2D eigenvalue weighted by molar-refractivity contribution is 8.10. The van der Waals surface area contributed by atoms with E-state index in [0.29, 0.717) is 0 Å². The molecule has 0 aliphatic heterocycles. The molecule has 0 saturated heterocycles. The highest BCUT2D eigenvalue weighted by Gasteiger charge is 2.49. The Bertz CT molecular complexity index is 574. The van der Waals surface area contributed by atoms with Crippen molar-refractivity contribution in [3.05, 3.63) is 23.8 Å². The van der Waals surface area contributed by atoms with Crippen molar-refractivity contribution >= 4 is 25.6 Å². The molecule has 0 aromatic heterocycles. The second kappa shape index (κ2) is 3.95. The number of allylic oxidation sites excluding steroid dienone is 1. The van der Waals surface area contributed by atoms with Gasteiger partial charge in [-0.1, -0.05) is 12.2 Å². The fourth-order valence-electron chi connectivity index (χ4n) is 1.62. The van der Waals surface area contributed by atoms with E-state index >= 15 is 0 Å². The van der Waals surface area contributed by atoms with Crippen LogP contribution in [0.5, 0.6) is 0 Å². The van der Waals surface area contributed by atoms with Gasteiger partial charge < -0.3 is 5.11 Å². The summed E-state index contributed by atoms with van der Waals surface area (Å²) >= 11 is 0. The number of carboxylic acids is 1. The van der Waals surface area contributed by atoms with Crippen LogP contribution in [0.2, 0.25) is 0 Å². The van der Waals surface area contributed by atoms with Crippen LogP contribution in [0.3, 0.4) is 0 Å². The van der Waals surface area contributed by atoms with Crippen LogP contribution in [0.4, 0.5) is 0 Å². The molecule has 0 unspecified atom stereocenters. The Balaban J connectivity index is 3.62. The Morgan fingerprint density at radius 1 is 1.24 bits per heavy atom. The summed E-state index contributed by atoms with van der Waals surface area (Å²) in [7, 11) is -7.98. The SMILES string of the molecule is CS(=O)(=O)C1(S(C)(=O)=O)C=C(C(=O)O)C=CC1. The Hall–Kier alpha value is -1.15. The van der Waals surface area contributed by atoms with Gasteiger partial charge in [-0.25, -0.2) is 21.6 Å². The highest BCUT2D eigenvalue weighted by Crippen LogP contribution is 2.34. The van der Waals surface area contributed by atoms with E-state index in [2.05, 4.69) is 0 Å². The van der Waals surface area contributed by atoms with Crippen molar-refractivity contribution in [2.24, 2.45) is 0 Å². The second-order valence-corrected chi connectivity index (χ2v) is 8.67. The monoisotopic (exact) mass is 280 g/mol. The van der Waals surface area contributed by atoms with Crippen LogP contribution in [0.15, 0.2) is 23.8 Å². The smallest absolute Gasteiger partial charge is 0.335 e. The van der Waals surface area contributed by atoms with Gasteiger partial charge in [0, 0.05) is 18.9 Å². The first-order valence-corrected chi connectivity index (χ1v) is 8.31. The molecule has 0 aromatic rings. The third-order valence-electron chi connectivity index (χ3n) is 2.58. The summed E-state index contributed by atoms with van der Waals surface area (Å²) in [6.07, 6.45) is 4.51. The molecule has 0 heterocycles. The molecular weight excluding hydrogens is 268 g/mol. The van der Waals surface area contributed by atoms with Crippen LogP contribution in [0, 0.1) is 0 Å². The lowest BCUT2D eigenvalue weighted by Crippen LogP contribution is -2.44. The van der Waals surface area contributed by atoms with Crippen molar-refractivity contribution in [1.29, 1.82) is 0 Å². The van der Waals surface area contributed by atoms with Crippen molar-refractivity contribution in [2.45, 2.75) is 10.5 Å². The lowest BCUT2D eigenvalue weighted by atomic mass is 10.1. The van der Waals surface area contributed by atoms with Crippen molar-refractivity contribution in [1.82, 2.24) is 0 Å². The van der Waals surface area contributed by atoms with Crippen LogP contribution in [0.25, 0.3) is 0 Å². The van der Waals surface area contributed by atoms with E-state index < -0.39 is 29.7 Å². The molecule has 0 aromatic carbocycles. The molecule has 0 fully saturated rings. The number of carboxylic acid groups (broad SMARTS) is 1. The highest BCUT2D eigenvalue weighted by atomic mass is 32.3. The van der Waals surface area contributed by atoms with Gasteiger partial charge in [-0.3, -0.25) is 0 Å². The predicted octanol–water partition coefficient (Wildman–Crippen LogP) is -0.257. The Labute approximate surface area is 99.5 Å². The van der Waals surface area contributed by atoms with Gasteiger partial charge in [-0.15, -0.1) is 0 Å². The maximum atomic E-state index is 11.7. The Morgan fingerprint density at radius 3 is 2.06 bits per heavy atom. The van der Waals surface area contributed by atoms with Gasteiger partial charge in [0.05, 0.1) is 5.57 Å². The molecule has 1 N–H and O–H groups in total. The van der Waals surface area contributed by atoms with Crippen molar-refractivity contribution in [3.63, 3.8) is 0 Å². The topological polar surface area (TPSA) is 106 Å². The maximum absolute atomic E-state index is 11.7. The molecule has 1 rings (SSSR count). The molecular formula is C9H12O6S2. The van der Waals surface area contributed by atoms with Crippen LogP contribution >= 0.6 is 0 Å². The van der Waals surface area contributed by atoms with Gasteiger partial charge in [0.2, 0.25) is 0 Å². The lowest BCUT2D eigenvalue weighted by molar-refractivity contribution is -0.132. The first kappa shape index (κ1) is 13.9. The molecule has 17 heavy (non-hydrogen) atoms. The van der Waals surface area contributed by atoms with E-state index in [1.165, 1.54) is 12.2 Å². The van der Waals surface area contributed by atoms with Gasteiger partial charge in [-0.2, -0.15) is 0 Å². The van der Waals surface area contributed by atoms with Crippen LogP contribution < -0.4 is 0 Å². The third-order valence-corrected chi connectivity index (χ3v) is 7.47. The summed E-state index contributed by atoms with van der Waals surface area (Å²) in [5, 5.41) is 8.79. The number of rotatable bonds is 3. The van der Waals surface area contributed by atoms with Gasteiger partial charge in [0.15, 0.2) is 23.8 Å². The summed E-state index contributed by atoms with van der Waals surface area (Å²) < 4.78 is 44.5. The summed E-state index contributed by atoms with van der Waals surface area (Å²) in [5.74, 6) is -1.36. The standard InChI is InChI=1S/C9H12O6S2/c1-16(12,13)9(17(2,14)15)5-3-4-7(6-9)8(10)11/h3-4,6H,5H2,1-2H3,(H,10,11). The Morgan fingerprint density at radius 2 is 1.71 bits per heavy atom. The first-order chi connectivity index (χ1) is 7.51. The summed E-state index contributed by atoms with van der Waals surface area (Å²) in [5.41, 5.74) is -0.341. The zero-order valence-corrected chi connectivity index (χ0v) is 10.9. The Kier molecular flexibility index (Phi) is 3.23. The molecule has 0 amide bonds. The molecule has 0 atom stereocenters. The molecule has 8 heteroatoms.